The third-order valence-electron chi connectivity index (χ3n) is 12.1. The average Bonchev–Trinajstić information content (AvgIpc) is 3.43. The SMILES string of the molecule is Brc1cc(Oc2cccc(Oc3cc(N(c4ccccc4)c4ccccc4)cc(N(c4ccccc4)c4cccc(Oc5cccc(Nc6ccccc6)c5)c4)c3)c2)cc(N(c2ccccc2)c2ccccc2)c1. The van der Waals surface area contributed by atoms with Crippen molar-refractivity contribution < 1.29 is 14.2 Å². The van der Waals surface area contributed by atoms with Gasteiger partial charge in [0.2, 0.25) is 0 Å². The lowest BCUT2D eigenvalue weighted by atomic mass is 10.1. The Labute approximate surface area is 440 Å². The summed E-state index contributed by atoms with van der Waals surface area (Å²) in [7, 11) is 0. The van der Waals surface area contributed by atoms with Gasteiger partial charge in [-0.15, -0.1) is 0 Å². The zero-order valence-corrected chi connectivity index (χ0v) is 41.7. The largest absolute Gasteiger partial charge is 0.457 e. The van der Waals surface area contributed by atoms with Crippen LogP contribution in [0.15, 0.2) is 296 Å². The maximum atomic E-state index is 6.96. The summed E-state index contributed by atoms with van der Waals surface area (Å²) in [6.45, 7) is 0. The first kappa shape index (κ1) is 46.9. The molecule has 0 aliphatic carbocycles. The van der Waals surface area contributed by atoms with Gasteiger partial charge < -0.3 is 34.2 Å². The Morgan fingerprint density at radius 2 is 0.541 bits per heavy atom. The molecule has 7 nitrogen and oxygen atoms in total. The highest BCUT2D eigenvalue weighted by molar-refractivity contribution is 9.10. The van der Waals surface area contributed by atoms with Crippen molar-refractivity contribution in [2.24, 2.45) is 0 Å². The van der Waals surface area contributed by atoms with Crippen LogP contribution in [-0.4, -0.2) is 0 Å². The standard InChI is InChI=1S/C66H49BrN4O3/c67-49-40-58(69(52-25-9-2-10-26-52)53-27-11-3-12-28-53)45-65(41-49)73-63-38-21-39-64(48-63)74-66-46-59(70(54-29-13-4-14-30-54)55-31-15-5-16-32-55)43-60(47-66)71(56-33-17-6-18-34-56)57-35-20-37-62(44-57)72-61-36-19-24-51(42-61)68-50-22-7-1-8-23-50/h1-48,68H. The third kappa shape index (κ3) is 11.3. The molecule has 0 bridgehead atoms. The van der Waals surface area contributed by atoms with Gasteiger partial charge in [0.25, 0.3) is 0 Å². The Kier molecular flexibility index (Phi) is 14.1. The molecule has 0 aliphatic heterocycles. The molecule has 0 aromatic heterocycles. The summed E-state index contributed by atoms with van der Waals surface area (Å²) in [5.41, 5.74) is 10.5. The molecular formula is C66H49BrN4O3. The molecule has 358 valence electrons. The lowest BCUT2D eigenvalue weighted by Crippen LogP contribution is -2.13. The summed E-state index contributed by atoms with van der Waals surface area (Å²) in [6, 6.07) is 98.3. The van der Waals surface area contributed by atoms with E-state index in [1.807, 2.05) is 158 Å². The minimum atomic E-state index is 0.604. The van der Waals surface area contributed by atoms with E-state index in [0.717, 1.165) is 67.0 Å². The van der Waals surface area contributed by atoms with Crippen molar-refractivity contribution in [2.45, 2.75) is 0 Å². The van der Waals surface area contributed by atoms with Gasteiger partial charge in [0.15, 0.2) is 0 Å². The lowest BCUT2D eigenvalue weighted by molar-refractivity contribution is 0.460. The number of halogens is 1. The molecule has 0 radical (unpaired) electrons. The number of benzene rings is 11. The quantitative estimate of drug-likeness (QED) is 0.0975. The van der Waals surface area contributed by atoms with Crippen LogP contribution in [0.5, 0.6) is 34.5 Å². The third-order valence-corrected chi connectivity index (χ3v) is 12.5. The summed E-state index contributed by atoms with van der Waals surface area (Å²) < 4.78 is 21.1. The van der Waals surface area contributed by atoms with E-state index in [2.05, 4.69) is 169 Å². The molecule has 11 aromatic carbocycles. The van der Waals surface area contributed by atoms with Crippen molar-refractivity contribution in [1.29, 1.82) is 0 Å². The Morgan fingerprint density at radius 1 is 0.230 bits per heavy atom. The van der Waals surface area contributed by atoms with Crippen LogP contribution in [0, 0.1) is 0 Å². The molecule has 0 saturated heterocycles. The van der Waals surface area contributed by atoms with Crippen LogP contribution in [0.4, 0.5) is 62.6 Å². The number of anilines is 11. The molecule has 0 unspecified atom stereocenters. The van der Waals surface area contributed by atoms with Crippen LogP contribution in [0.1, 0.15) is 0 Å². The number of nitrogens with zero attached hydrogens (tertiary/aromatic N) is 3. The van der Waals surface area contributed by atoms with E-state index in [1.165, 1.54) is 0 Å². The van der Waals surface area contributed by atoms with Crippen LogP contribution in [0.3, 0.4) is 0 Å². The highest BCUT2D eigenvalue weighted by Gasteiger charge is 2.21. The predicted octanol–water partition coefficient (Wildman–Crippen LogP) is 20.0. The molecule has 11 aromatic rings. The second-order valence-corrected chi connectivity index (χ2v) is 18.2. The zero-order chi connectivity index (χ0) is 49.9. The summed E-state index contributed by atoms with van der Waals surface area (Å²) >= 11 is 3.79. The van der Waals surface area contributed by atoms with Crippen LogP contribution in [0.2, 0.25) is 0 Å². The minimum Gasteiger partial charge on any atom is -0.457 e. The highest BCUT2D eigenvalue weighted by Crippen LogP contribution is 2.45. The molecule has 8 heteroatoms. The van der Waals surface area contributed by atoms with E-state index in [4.69, 9.17) is 14.2 Å². The number of hydrogen-bond donors (Lipinski definition) is 1. The molecule has 11 rings (SSSR count). The van der Waals surface area contributed by atoms with Gasteiger partial charge in [-0.25, -0.2) is 0 Å². The molecule has 0 fully saturated rings. The van der Waals surface area contributed by atoms with E-state index < -0.39 is 0 Å². The minimum absolute atomic E-state index is 0.604. The van der Waals surface area contributed by atoms with E-state index in [9.17, 15) is 0 Å². The van der Waals surface area contributed by atoms with Gasteiger partial charge in [0, 0.05) is 86.4 Å². The van der Waals surface area contributed by atoms with Crippen molar-refractivity contribution in [1.82, 2.24) is 0 Å². The monoisotopic (exact) mass is 1020 g/mol. The number of para-hydroxylation sites is 6. The normalized spacial score (nSPS) is 10.8. The van der Waals surface area contributed by atoms with Gasteiger partial charge in [-0.1, -0.05) is 143 Å². The Hall–Kier alpha value is -9.50. The fourth-order valence-electron chi connectivity index (χ4n) is 8.87. The first-order chi connectivity index (χ1) is 36.5. The average molecular weight is 1030 g/mol. The van der Waals surface area contributed by atoms with Gasteiger partial charge in [0.1, 0.15) is 34.5 Å². The highest BCUT2D eigenvalue weighted by atomic mass is 79.9. The van der Waals surface area contributed by atoms with Crippen LogP contribution >= 0.6 is 15.9 Å². The zero-order valence-electron chi connectivity index (χ0n) is 40.2. The van der Waals surface area contributed by atoms with Crippen molar-refractivity contribution in [2.75, 3.05) is 20.0 Å². The number of rotatable bonds is 17. The van der Waals surface area contributed by atoms with Gasteiger partial charge >= 0.3 is 0 Å². The second kappa shape index (κ2) is 22.3. The predicted molar refractivity (Wildman–Crippen MR) is 307 cm³/mol. The molecule has 0 saturated carbocycles. The van der Waals surface area contributed by atoms with E-state index in [1.54, 1.807) is 0 Å². The Bertz CT molecular complexity index is 3510. The van der Waals surface area contributed by atoms with E-state index in [-0.39, 0.29) is 0 Å². The summed E-state index contributed by atoms with van der Waals surface area (Å²) in [5.74, 6) is 3.90. The maximum absolute atomic E-state index is 6.96. The molecular weight excluding hydrogens is 977 g/mol. The molecule has 1 N–H and O–H groups in total. The molecule has 0 amide bonds. The number of hydrogen-bond acceptors (Lipinski definition) is 7. The molecule has 0 spiro atoms. The molecule has 0 atom stereocenters. The van der Waals surface area contributed by atoms with Crippen molar-refractivity contribution in [3.63, 3.8) is 0 Å². The number of nitrogens with one attached hydrogen (secondary N) is 1. The Morgan fingerprint density at radius 3 is 1.01 bits per heavy atom. The van der Waals surface area contributed by atoms with Gasteiger partial charge in [-0.2, -0.15) is 0 Å². The Balaban J connectivity index is 0.965. The van der Waals surface area contributed by atoms with Crippen molar-refractivity contribution in [3.8, 4) is 34.5 Å². The fraction of sp³-hybridized carbons (Fsp3) is 0. The topological polar surface area (TPSA) is 49.4 Å². The first-order valence-corrected chi connectivity index (χ1v) is 25.1. The summed E-state index contributed by atoms with van der Waals surface area (Å²) in [4.78, 5) is 6.68. The van der Waals surface area contributed by atoms with Gasteiger partial charge in [-0.05, 0) is 127 Å². The van der Waals surface area contributed by atoms with Gasteiger partial charge in [0.05, 0.1) is 17.1 Å². The molecule has 0 aliphatic rings. The van der Waals surface area contributed by atoms with Crippen LogP contribution < -0.4 is 34.2 Å². The van der Waals surface area contributed by atoms with Crippen molar-refractivity contribution >= 4 is 78.5 Å². The maximum Gasteiger partial charge on any atom is 0.131 e. The molecule has 0 heterocycles. The van der Waals surface area contributed by atoms with Crippen molar-refractivity contribution in [3.05, 3.63) is 296 Å². The summed E-state index contributed by atoms with van der Waals surface area (Å²) in [6.07, 6.45) is 0. The van der Waals surface area contributed by atoms with Gasteiger partial charge in [-0.3, -0.25) is 0 Å². The van der Waals surface area contributed by atoms with E-state index in [0.29, 0.717) is 34.5 Å². The van der Waals surface area contributed by atoms with Crippen LogP contribution in [0.25, 0.3) is 0 Å². The van der Waals surface area contributed by atoms with E-state index >= 15 is 0 Å². The second-order valence-electron chi connectivity index (χ2n) is 17.3. The fourth-order valence-corrected chi connectivity index (χ4v) is 9.33. The smallest absolute Gasteiger partial charge is 0.131 e. The summed E-state index contributed by atoms with van der Waals surface area (Å²) in [5, 5.41) is 3.48. The first-order valence-electron chi connectivity index (χ1n) is 24.3. The molecule has 74 heavy (non-hydrogen) atoms. The number of ether oxygens (including phenoxy) is 3. The van der Waals surface area contributed by atoms with Crippen LogP contribution in [-0.2, 0) is 0 Å². The lowest BCUT2D eigenvalue weighted by Gasteiger charge is -2.30.